The lowest BCUT2D eigenvalue weighted by atomic mass is 10.2. The fourth-order valence-electron chi connectivity index (χ4n) is 2.81. The molecule has 1 fully saturated rings. The Morgan fingerprint density at radius 1 is 1.48 bits per heavy atom. The fraction of sp³-hybridized carbons (Fsp3) is 0.562. The van der Waals surface area contributed by atoms with Gasteiger partial charge in [0.05, 0.1) is 30.3 Å². The lowest BCUT2D eigenvalue weighted by molar-refractivity contribution is -0.0438. The molecule has 21 heavy (non-hydrogen) atoms. The molecule has 2 aromatic rings. The molecule has 1 aliphatic heterocycles. The second-order valence-corrected chi connectivity index (χ2v) is 5.71. The van der Waals surface area contributed by atoms with Crippen LogP contribution in [0.15, 0.2) is 18.2 Å². The Hall–Kier alpha value is -1.43. The van der Waals surface area contributed by atoms with E-state index >= 15 is 0 Å². The summed E-state index contributed by atoms with van der Waals surface area (Å²) in [6.45, 7) is 6.39. The summed E-state index contributed by atoms with van der Waals surface area (Å²) in [7, 11) is 1.73. The largest absolute Gasteiger partial charge is 0.385 e. The van der Waals surface area contributed by atoms with Crippen LogP contribution in [0.4, 0.5) is 0 Å². The van der Waals surface area contributed by atoms with Crippen LogP contribution in [-0.2, 0) is 16.0 Å². The van der Waals surface area contributed by atoms with Gasteiger partial charge in [0.25, 0.3) is 0 Å². The predicted octanol–water partition coefficient (Wildman–Crippen LogP) is 2.11. The average Bonchev–Trinajstić information content (AvgIpc) is 2.86. The summed E-state index contributed by atoms with van der Waals surface area (Å²) in [6.07, 6.45) is 1.22. The molecule has 0 bridgehead atoms. The summed E-state index contributed by atoms with van der Waals surface area (Å²) in [6, 6.07) is 6.32. The first kappa shape index (κ1) is 14.5. The van der Waals surface area contributed by atoms with Gasteiger partial charge in [-0.15, -0.1) is 0 Å². The van der Waals surface area contributed by atoms with Crippen molar-refractivity contribution in [1.29, 1.82) is 0 Å². The van der Waals surface area contributed by atoms with E-state index in [0.717, 1.165) is 56.1 Å². The van der Waals surface area contributed by atoms with Crippen molar-refractivity contribution in [2.75, 3.05) is 33.4 Å². The van der Waals surface area contributed by atoms with Gasteiger partial charge in [-0.25, -0.2) is 4.98 Å². The molecule has 1 N–H and O–H groups in total. The lowest BCUT2D eigenvalue weighted by Crippen LogP contribution is -2.42. The molecular weight excluding hydrogens is 266 g/mol. The number of rotatable bonds is 5. The molecule has 0 aliphatic carbocycles. The highest BCUT2D eigenvalue weighted by molar-refractivity contribution is 5.75. The Morgan fingerprint density at radius 3 is 3.24 bits per heavy atom. The molecule has 0 radical (unpaired) electrons. The molecule has 0 amide bonds. The van der Waals surface area contributed by atoms with Gasteiger partial charge < -0.3 is 14.5 Å². The highest BCUT2D eigenvalue weighted by Crippen LogP contribution is 2.16. The smallest absolute Gasteiger partial charge is 0.121 e. The molecule has 0 saturated carbocycles. The van der Waals surface area contributed by atoms with E-state index in [4.69, 9.17) is 9.47 Å². The molecular formula is C16H23N3O2. The number of hydrogen-bond acceptors (Lipinski definition) is 4. The monoisotopic (exact) mass is 289 g/mol. The molecule has 1 aromatic carbocycles. The summed E-state index contributed by atoms with van der Waals surface area (Å²) >= 11 is 0. The zero-order chi connectivity index (χ0) is 14.7. The molecule has 5 nitrogen and oxygen atoms in total. The van der Waals surface area contributed by atoms with Gasteiger partial charge in [-0.1, -0.05) is 6.07 Å². The topological polar surface area (TPSA) is 50.4 Å². The van der Waals surface area contributed by atoms with Crippen LogP contribution in [0.2, 0.25) is 0 Å². The molecule has 1 atom stereocenters. The van der Waals surface area contributed by atoms with E-state index in [-0.39, 0.29) is 6.10 Å². The first-order valence-corrected chi connectivity index (χ1v) is 7.53. The molecule has 1 unspecified atom stereocenters. The number of hydrogen-bond donors (Lipinski definition) is 1. The quantitative estimate of drug-likeness (QED) is 0.916. The molecule has 1 aromatic heterocycles. The van der Waals surface area contributed by atoms with Crippen molar-refractivity contribution >= 4 is 11.0 Å². The van der Waals surface area contributed by atoms with Gasteiger partial charge in [-0.2, -0.15) is 0 Å². The second-order valence-electron chi connectivity index (χ2n) is 5.71. The van der Waals surface area contributed by atoms with Gasteiger partial charge in [0.15, 0.2) is 0 Å². The van der Waals surface area contributed by atoms with E-state index in [0.29, 0.717) is 0 Å². The molecule has 114 valence electrons. The number of nitrogens with one attached hydrogen (secondary N) is 1. The number of aryl methyl sites for hydroxylation is 1. The zero-order valence-corrected chi connectivity index (χ0v) is 12.8. The minimum atomic E-state index is 0.269. The standard InChI is InChI=1S/C16H23N3O2/c1-12-3-4-14-15(9-12)18-16(17-14)11-19-6-8-21-13(10-19)5-7-20-2/h3-4,9,13H,5-8,10-11H2,1-2H3,(H,17,18). The van der Waals surface area contributed by atoms with Gasteiger partial charge in [0.2, 0.25) is 0 Å². The van der Waals surface area contributed by atoms with Crippen LogP contribution in [0.3, 0.4) is 0 Å². The second kappa shape index (κ2) is 6.56. The summed E-state index contributed by atoms with van der Waals surface area (Å²) in [4.78, 5) is 10.5. The van der Waals surface area contributed by atoms with Crippen LogP contribution in [0.25, 0.3) is 11.0 Å². The van der Waals surface area contributed by atoms with E-state index in [9.17, 15) is 0 Å². The number of H-pyrrole nitrogens is 1. The van der Waals surface area contributed by atoms with Crippen LogP contribution in [0.5, 0.6) is 0 Å². The van der Waals surface area contributed by atoms with Crippen molar-refractivity contribution in [1.82, 2.24) is 14.9 Å². The number of ether oxygens (including phenoxy) is 2. The Morgan fingerprint density at radius 2 is 2.38 bits per heavy atom. The van der Waals surface area contributed by atoms with Gasteiger partial charge in [-0.3, -0.25) is 4.90 Å². The first-order valence-electron chi connectivity index (χ1n) is 7.53. The zero-order valence-electron chi connectivity index (χ0n) is 12.8. The number of imidazole rings is 1. The number of aromatic nitrogens is 2. The Balaban J connectivity index is 1.64. The van der Waals surface area contributed by atoms with E-state index < -0.39 is 0 Å². The van der Waals surface area contributed by atoms with E-state index in [2.05, 4.69) is 40.0 Å². The van der Waals surface area contributed by atoms with Crippen molar-refractivity contribution in [3.63, 3.8) is 0 Å². The maximum Gasteiger partial charge on any atom is 0.121 e. The third kappa shape index (κ3) is 3.61. The predicted molar refractivity (Wildman–Crippen MR) is 82.3 cm³/mol. The van der Waals surface area contributed by atoms with Gasteiger partial charge in [-0.05, 0) is 31.0 Å². The molecule has 3 rings (SSSR count). The maximum absolute atomic E-state index is 5.77. The number of fused-ring (bicyclic) bond motifs is 1. The van der Waals surface area contributed by atoms with Crippen molar-refractivity contribution < 1.29 is 9.47 Å². The van der Waals surface area contributed by atoms with Crippen molar-refractivity contribution in [3.05, 3.63) is 29.6 Å². The van der Waals surface area contributed by atoms with Crippen molar-refractivity contribution in [3.8, 4) is 0 Å². The summed E-state index contributed by atoms with van der Waals surface area (Å²) in [5, 5.41) is 0. The van der Waals surface area contributed by atoms with Crippen molar-refractivity contribution in [2.24, 2.45) is 0 Å². The van der Waals surface area contributed by atoms with Crippen LogP contribution < -0.4 is 0 Å². The maximum atomic E-state index is 5.77. The minimum absolute atomic E-state index is 0.269. The number of aromatic amines is 1. The Bertz CT molecular complexity index is 596. The van der Waals surface area contributed by atoms with Crippen LogP contribution in [0.1, 0.15) is 17.8 Å². The van der Waals surface area contributed by atoms with Crippen molar-refractivity contribution in [2.45, 2.75) is 26.0 Å². The normalized spacial score (nSPS) is 20.2. The highest BCUT2D eigenvalue weighted by atomic mass is 16.5. The van der Waals surface area contributed by atoms with Gasteiger partial charge >= 0.3 is 0 Å². The van der Waals surface area contributed by atoms with Crippen LogP contribution in [0, 0.1) is 6.92 Å². The molecule has 1 aliphatic rings. The average molecular weight is 289 g/mol. The SMILES string of the molecule is COCCC1CN(Cc2nc3ccc(C)cc3[nH]2)CCO1. The number of methoxy groups -OCH3 is 1. The number of nitrogens with zero attached hydrogens (tertiary/aromatic N) is 2. The Labute approximate surface area is 125 Å². The fourth-order valence-corrected chi connectivity index (χ4v) is 2.81. The molecule has 5 heteroatoms. The number of benzene rings is 1. The summed E-state index contributed by atoms with van der Waals surface area (Å²) in [5.74, 6) is 1.03. The highest BCUT2D eigenvalue weighted by Gasteiger charge is 2.21. The molecule has 0 spiro atoms. The molecule has 1 saturated heterocycles. The van der Waals surface area contributed by atoms with Gasteiger partial charge in [0.1, 0.15) is 5.82 Å². The van der Waals surface area contributed by atoms with E-state index in [1.807, 2.05) is 0 Å². The third-order valence-corrected chi connectivity index (χ3v) is 3.93. The van der Waals surface area contributed by atoms with Crippen LogP contribution in [-0.4, -0.2) is 54.4 Å². The Kier molecular flexibility index (Phi) is 4.53. The van der Waals surface area contributed by atoms with E-state index in [1.165, 1.54) is 5.56 Å². The van der Waals surface area contributed by atoms with Crippen LogP contribution >= 0.6 is 0 Å². The number of morpholine rings is 1. The summed E-state index contributed by atoms with van der Waals surface area (Å²) < 4.78 is 10.9. The van der Waals surface area contributed by atoms with E-state index in [1.54, 1.807) is 7.11 Å². The first-order chi connectivity index (χ1) is 10.2. The summed E-state index contributed by atoms with van der Waals surface area (Å²) in [5.41, 5.74) is 3.41. The third-order valence-electron chi connectivity index (χ3n) is 3.93. The molecule has 2 heterocycles. The van der Waals surface area contributed by atoms with Gasteiger partial charge in [0, 0.05) is 26.8 Å². The lowest BCUT2D eigenvalue weighted by Gasteiger charge is -2.32. The minimum Gasteiger partial charge on any atom is -0.385 e.